The first-order valence-corrected chi connectivity index (χ1v) is 22.4. The third kappa shape index (κ3) is 8.66. The number of carboxylic acids is 1. The van der Waals surface area contributed by atoms with E-state index in [1.807, 2.05) is 36.4 Å². The number of nitrogens with zero attached hydrogens (tertiary/aromatic N) is 4. The predicted molar refractivity (Wildman–Crippen MR) is 250 cm³/mol. The van der Waals surface area contributed by atoms with E-state index in [2.05, 4.69) is 29.9 Å². The van der Waals surface area contributed by atoms with Crippen molar-refractivity contribution >= 4 is 33.7 Å². The molecule has 0 bridgehead atoms. The molecule has 2 fully saturated rings. The lowest BCUT2D eigenvalue weighted by Gasteiger charge is -2.13. The van der Waals surface area contributed by atoms with Crippen molar-refractivity contribution in [3.63, 3.8) is 0 Å². The van der Waals surface area contributed by atoms with Crippen molar-refractivity contribution in [3.05, 3.63) is 166 Å². The number of carboxylic acid groups (broad SMARTS) is 1. The summed E-state index contributed by atoms with van der Waals surface area (Å²) in [4.78, 5) is 34.5. The van der Waals surface area contributed by atoms with Crippen LogP contribution in [0.1, 0.15) is 88.7 Å². The standard InChI is InChI=1S/C28H26F2N2O3.C26H22F2N2O3/c1-4-35-28(33)26-25(20-6-5-11-31-27(20)34-3)22-14-17(21-12-16(21)2)7-10-24(22)32(26)15-18-13-19(29)8-9-23(18)30;1-14-10-19(14)15-5-8-22-20(12-15)23(18-4-3-9-29-25(18)33-2)24(26(31)32)30(22)13-16-11-17(27)6-7-21(16)28/h5-11,13-14,16,21H,4,12,15H2,1-3H3;3-9,11-12,14,19H,10,13H2,1-2H3,(H,31,32)/t16-,21+;14-,19+/m11/s1. The van der Waals surface area contributed by atoms with Crippen molar-refractivity contribution in [2.75, 3.05) is 20.8 Å². The Morgan fingerprint density at radius 2 is 1.09 bits per heavy atom. The summed E-state index contributed by atoms with van der Waals surface area (Å²) in [6.07, 6.45) is 5.38. The zero-order valence-electron chi connectivity index (χ0n) is 38.0. The van der Waals surface area contributed by atoms with Gasteiger partial charge in [-0.3, -0.25) is 0 Å². The van der Waals surface area contributed by atoms with Crippen LogP contribution in [0.2, 0.25) is 0 Å². The van der Waals surface area contributed by atoms with Crippen molar-refractivity contribution in [2.24, 2.45) is 11.8 Å². The summed E-state index contributed by atoms with van der Waals surface area (Å²) in [5, 5.41) is 11.8. The fourth-order valence-corrected chi connectivity index (χ4v) is 9.44. The van der Waals surface area contributed by atoms with Gasteiger partial charge in [0.1, 0.15) is 34.7 Å². The van der Waals surface area contributed by atoms with Crippen LogP contribution >= 0.6 is 0 Å². The van der Waals surface area contributed by atoms with Crippen LogP contribution in [0.15, 0.2) is 109 Å². The van der Waals surface area contributed by atoms with Gasteiger partial charge in [-0.05, 0) is 139 Å². The first-order valence-electron chi connectivity index (χ1n) is 22.4. The number of pyridine rings is 2. The smallest absolute Gasteiger partial charge is 0.355 e. The number of methoxy groups -OCH3 is 2. The van der Waals surface area contributed by atoms with Gasteiger partial charge in [-0.15, -0.1) is 0 Å². The Hall–Kier alpha value is -7.48. The Bertz CT molecular complexity index is 3260. The highest BCUT2D eigenvalue weighted by molar-refractivity contribution is 6.10. The Morgan fingerprint density at radius 3 is 1.50 bits per heavy atom. The lowest BCUT2D eigenvalue weighted by molar-refractivity contribution is 0.0515. The van der Waals surface area contributed by atoms with E-state index in [0.29, 0.717) is 68.6 Å². The molecule has 2 saturated carbocycles. The van der Waals surface area contributed by atoms with E-state index < -0.39 is 35.2 Å². The van der Waals surface area contributed by atoms with Gasteiger partial charge in [0.05, 0.1) is 33.9 Å². The summed E-state index contributed by atoms with van der Waals surface area (Å²) in [7, 11) is 3.00. The van der Waals surface area contributed by atoms with Crippen molar-refractivity contribution in [1.82, 2.24) is 19.1 Å². The first-order chi connectivity index (χ1) is 32.8. The summed E-state index contributed by atoms with van der Waals surface area (Å²) in [6, 6.07) is 25.5. The van der Waals surface area contributed by atoms with Crippen molar-refractivity contribution in [3.8, 4) is 34.0 Å². The van der Waals surface area contributed by atoms with E-state index in [9.17, 15) is 32.3 Å². The third-order valence-electron chi connectivity index (χ3n) is 13.1. The monoisotopic (exact) mass is 924 g/mol. The second-order valence-corrected chi connectivity index (χ2v) is 17.4. The van der Waals surface area contributed by atoms with E-state index in [1.165, 1.54) is 24.4 Å². The molecule has 0 saturated heterocycles. The van der Waals surface area contributed by atoms with Gasteiger partial charge in [-0.1, -0.05) is 26.0 Å². The maximum atomic E-state index is 14.7. The summed E-state index contributed by atoms with van der Waals surface area (Å²) in [5.74, 6) is -1.31. The molecule has 2 aliphatic carbocycles. The molecule has 0 amide bonds. The number of fused-ring (bicyclic) bond motifs is 2. The molecule has 4 aromatic carbocycles. The molecule has 68 heavy (non-hydrogen) atoms. The molecular weight excluding hydrogens is 877 g/mol. The molecule has 14 heteroatoms. The molecule has 0 radical (unpaired) electrons. The van der Waals surface area contributed by atoms with Crippen molar-refractivity contribution in [2.45, 2.75) is 58.5 Å². The van der Waals surface area contributed by atoms with Gasteiger partial charge < -0.3 is 28.5 Å². The predicted octanol–water partition coefficient (Wildman–Crippen LogP) is 12.2. The number of halogens is 4. The molecule has 348 valence electrons. The highest BCUT2D eigenvalue weighted by Gasteiger charge is 2.37. The number of aromatic carboxylic acids is 1. The molecule has 0 spiro atoms. The molecule has 4 atom stereocenters. The normalized spacial score (nSPS) is 17.1. The van der Waals surface area contributed by atoms with Gasteiger partial charge in [0.2, 0.25) is 11.8 Å². The number of esters is 1. The van der Waals surface area contributed by atoms with Crippen molar-refractivity contribution < 1.29 is 46.5 Å². The number of rotatable bonds is 13. The number of aromatic nitrogens is 4. The van der Waals surface area contributed by atoms with E-state index in [1.54, 1.807) is 42.1 Å². The Morgan fingerprint density at radius 1 is 0.647 bits per heavy atom. The number of hydrogen-bond acceptors (Lipinski definition) is 7. The largest absolute Gasteiger partial charge is 0.481 e. The van der Waals surface area contributed by atoms with Crippen LogP contribution in [-0.2, 0) is 17.8 Å². The summed E-state index contributed by atoms with van der Waals surface area (Å²) < 4.78 is 76.7. The number of carbonyl (C=O) groups is 2. The van der Waals surface area contributed by atoms with Gasteiger partial charge in [-0.2, -0.15) is 0 Å². The maximum absolute atomic E-state index is 14.7. The fourth-order valence-electron chi connectivity index (χ4n) is 9.44. The van der Waals surface area contributed by atoms with E-state index in [0.717, 1.165) is 65.7 Å². The van der Waals surface area contributed by atoms with Gasteiger partial charge >= 0.3 is 11.9 Å². The first kappa shape index (κ1) is 45.7. The number of benzene rings is 4. The maximum Gasteiger partial charge on any atom is 0.355 e. The highest BCUT2D eigenvalue weighted by Crippen LogP contribution is 2.50. The SMILES string of the molecule is CCOC(=O)c1c(-c2cccnc2OC)c2cc([C@H]3C[C@H]3C)ccc2n1Cc1cc(F)ccc1F.COc1ncccc1-c1c(C(=O)O)n(Cc2cc(F)ccc2F)c2ccc([C@H]3C[C@H]3C)cc12. The van der Waals surface area contributed by atoms with Gasteiger partial charge in [0, 0.05) is 67.6 Å². The van der Waals surface area contributed by atoms with E-state index in [-0.39, 0.29) is 42.2 Å². The molecule has 8 aromatic rings. The molecule has 4 aromatic heterocycles. The van der Waals surface area contributed by atoms with Gasteiger partial charge in [0.15, 0.2) is 0 Å². The summed E-state index contributed by atoms with van der Waals surface area (Å²) >= 11 is 0. The minimum atomic E-state index is -1.18. The average Bonchev–Trinajstić information content (AvgIpc) is 4.21. The second kappa shape index (κ2) is 18.7. The number of hydrogen-bond donors (Lipinski definition) is 1. The summed E-state index contributed by atoms with van der Waals surface area (Å²) in [6.45, 7) is 6.11. The lowest BCUT2D eigenvalue weighted by atomic mass is 9.99. The van der Waals surface area contributed by atoms with Crippen LogP contribution in [-0.4, -0.2) is 57.0 Å². The highest BCUT2D eigenvalue weighted by atomic mass is 19.1. The quantitative estimate of drug-likeness (QED) is 0.0897. The summed E-state index contributed by atoms with van der Waals surface area (Å²) in [5.41, 5.74) is 6.29. The van der Waals surface area contributed by atoms with Gasteiger partial charge in [-0.25, -0.2) is 37.1 Å². The molecule has 4 heterocycles. The minimum absolute atomic E-state index is 0.0269. The average molecular weight is 925 g/mol. The number of carbonyl (C=O) groups excluding carboxylic acids is 1. The molecule has 2 aliphatic rings. The fraction of sp³-hybridized carbons (Fsp3) is 0.259. The van der Waals surface area contributed by atoms with Crippen LogP contribution in [0.3, 0.4) is 0 Å². The molecule has 10 rings (SSSR count). The third-order valence-corrected chi connectivity index (χ3v) is 13.1. The van der Waals surface area contributed by atoms with E-state index in [4.69, 9.17) is 14.2 Å². The Kier molecular flexibility index (Phi) is 12.5. The van der Waals surface area contributed by atoms with Crippen LogP contribution in [0.25, 0.3) is 44.1 Å². The van der Waals surface area contributed by atoms with E-state index >= 15 is 0 Å². The Labute approximate surface area is 389 Å². The topological polar surface area (TPSA) is 118 Å². The molecule has 0 aliphatic heterocycles. The molecule has 10 nitrogen and oxygen atoms in total. The zero-order chi connectivity index (χ0) is 48.0. The molecule has 0 unspecified atom stereocenters. The Balaban J connectivity index is 0.000000170. The minimum Gasteiger partial charge on any atom is -0.481 e. The van der Waals surface area contributed by atoms with Crippen LogP contribution in [0, 0.1) is 35.1 Å². The lowest BCUT2D eigenvalue weighted by Crippen LogP contribution is -2.15. The number of ether oxygens (including phenoxy) is 3. The molecular formula is C54H48F4N4O6. The van der Waals surface area contributed by atoms with Crippen LogP contribution < -0.4 is 9.47 Å². The van der Waals surface area contributed by atoms with Gasteiger partial charge in [0.25, 0.3) is 0 Å². The second-order valence-electron chi connectivity index (χ2n) is 17.4. The van der Waals surface area contributed by atoms with Crippen molar-refractivity contribution in [1.29, 1.82) is 0 Å². The van der Waals surface area contributed by atoms with Crippen LogP contribution in [0.4, 0.5) is 17.6 Å². The zero-order valence-corrected chi connectivity index (χ0v) is 38.0. The van der Waals surface area contributed by atoms with Crippen LogP contribution in [0.5, 0.6) is 11.8 Å². The molecule has 1 N–H and O–H groups in total.